The van der Waals surface area contributed by atoms with Gasteiger partial charge in [-0.05, 0) is 0 Å². The summed E-state index contributed by atoms with van der Waals surface area (Å²) in [7, 11) is 0. The van der Waals surface area contributed by atoms with Crippen LogP contribution in [0.25, 0.3) is 11.2 Å². The summed E-state index contributed by atoms with van der Waals surface area (Å²) in [6, 6.07) is 0. The van der Waals surface area contributed by atoms with E-state index in [4.69, 9.17) is 4.74 Å². The lowest BCUT2D eigenvalue weighted by Crippen LogP contribution is -2.01. The molecule has 1 radical (unpaired) electrons. The second kappa shape index (κ2) is 4.12. The van der Waals surface area contributed by atoms with Crippen molar-refractivity contribution in [2.75, 3.05) is 0 Å². The van der Waals surface area contributed by atoms with Gasteiger partial charge in [0.15, 0.2) is 11.2 Å². The molecule has 1 N–H and O–H groups in total. The number of nitrogens with zero attached hydrogens (tertiary/aromatic N) is 5. The summed E-state index contributed by atoms with van der Waals surface area (Å²) in [4.78, 5) is 22.8. The number of aromatic nitrogens is 6. The zero-order chi connectivity index (χ0) is 11.5. The fourth-order valence-electron chi connectivity index (χ4n) is 1.35. The Morgan fingerprint density at radius 2 is 2.24 bits per heavy atom. The molecule has 0 amide bonds. The molecule has 3 aromatic rings. The lowest BCUT2D eigenvalue weighted by atomic mass is 10.5. The van der Waals surface area contributed by atoms with Gasteiger partial charge in [-0.15, -0.1) is 0 Å². The van der Waals surface area contributed by atoms with Crippen LogP contribution in [0.15, 0.2) is 24.9 Å². The van der Waals surface area contributed by atoms with E-state index >= 15 is 0 Å². The van der Waals surface area contributed by atoms with E-state index in [9.17, 15) is 0 Å². The van der Waals surface area contributed by atoms with Gasteiger partial charge in [-0.25, -0.2) is 9.97 Å². The summed E-state index contributed by atoms with van der Waals surface area (Å²) < 4.78 is 5.50. The molecule has 83 valence electrons. The van der Waals surface area contributed by atoms with Crippen molar-refractivity contribution in [1.29, 1.82) is 0 Å². The zero-order valence-corrected chi connectivity index (χ0v) is 8.66. The molecule has 0 aromatic carbocycles. The van der Waals surface area contributed by atoms with E-state index in [1.54, 1.807) is 18.6 Å². The van der Waals surface area contributed by atoms with Gasteiger partial charge in [-0.1, -0.05) is 0 Å². The predicted molar refractivity (Wildman–Crippen MR) is 56.9 cm³/mol. The molecule has 0 saturated heterocycles. The van der Waals surface area contributed by atoms with E-state index in [2.05, 4.69) is 36.2 Å². The van der Waals surface area contributed by atoms with Crippen LogP contribution in [0.2, 0.25) is 0 Å². The molecule has 3 rings (SSSR count). The van der Waals surface area contributed by atoms with Crippen molar-refractivity contribution in [3.63, 3.8) is 0 Å². The molecular weight excluding hydrogens is 220 g/mol. The third kappa shape index (κ3) is 1.89. The molecule has 0 bridgehead atoms. The van der Waals surface area contributed by atoms with Crippen molar-refractivity contribution < 1.29 is 4.74 Å². The van der Waals surface area contributed by atoms with Gasteiger partial charge < -0.3 is 9.72 Å². The number of nitrogens with one attached hydrogen (secondary N) is 1. The van der Waals surface area contributed by atoms with Crippen LogP contribution in [0.4, 0.5) is 0 Å². The minimum absolute atomic E-state index is 0.278. The minimum Gasteiger partial charge on any atom is -0.469 e. The Hall–Kier alpha value is -2.57. The Labute approximate surface area is 96.0 Å². The normalized spacial score (nSPS) is 10.6. The molecule has 0 atom stereocenters. The van der Waals surface area contributed by atoms with Crippen molar-refractivity contribution in [2.24, 2.45) is 0 Å². The van der Waals surface area contributed by atoms with Crippen molar-refractivity contribution in [2.45, 2.75) is 6.61 Å². The summed E-state index contributed by atoms with van der Waals surface area (Å²) in [6.07, 6.45) is 8.87. The van der Waals surface area contributed by atoms with Crippen molar-refractivity contribution in [3.8, 4) is 5.88 Å². The Balaban J connectivity index is 1.84. The van der Waals surface area contributed by atoms with Crippen LogP contribution in [0, 0.1) is 6.33 Å². The maximum Gasteiger partial charge on any atom is 0.246 e. The van der Waals surface area contributed by atoms with Crippen LogP contribution >= 0.6 is 0 Å². The van der Waals surface area contributed by atoms with Gasteiger partial charge >= 0.3 is 0 Å². The molecule has 7 heteroatoms. The van der Waals surface area contributed by atoms with Crippen LogP contribution in [-0.2, 0) is 6.61 Å². The van der Waals surface area contributed by atoms with E-state index in [0.29, 0.717) is 17.0 Å². The number of fused-ring (bicyclic) bond motifs is 1. The molecule has 0 fully saturated rings. The maximum atomic E-state index is 5.50. The molecule has 7 nitrogen and oxygen atoms in total. The molecular formula is C10H7N6O. The SMILES string of the molecule is [c]1nc(OCc2cnccn2)c2nc[nH]c2n1. The monoisotopic (exact) mass is 227 g/mol. The second-order valence-corrected chi connectivity index (χ2v) is 3.21. The molecule has 0 aliphatic heterocycles. The third-order valence-electron chi connectivity index (χ3n) is 2.11. The quantitative estimate of drug-likeness (QED) is 0.701. The number of hydrogen-bond donors (Lipinski definition) is 1. The summed E-state index contributed by atoms with van der Waals surface area (Å²) in [5.74, 6) is 0.377. The van der Waals surface area contributed by atoms with E-state index in [1.165, 1.54) is 6.33 Å². The van der Waals surface area contributed by atoms with Crippen LogP contribution in [0.3, 0.4) is 0 Å². The summed E-state index contributed by atoms with van der Waals surface area (Å²) >= 11 is 0. The van der Waals surface area contributed by atoms with Crippen molar-refractivity contribution >= 4 is 11.2 Å². The van der Waals surface area contributed by atoms with Crippen LogP contribution in [0.5, 0.6) is 5.88 Å². The highest BCUT2D eigenvalue weighted by Crippen LogP contribution is 2.17. The first kappa shape index (κ1) is 9.64. The molecule has 0 aliphatic rings. The fourth-order valence-corrected chi connectivity index (χ4v) is 1.35. The van der Waals surface area contributed by atoms with Crippen LogP contribution < -0.4 is 4.74 Å². The zero-order valence-electron chi connectivity index (χ0n) is 8.66. The number of rotatable bonds is 3. The highest BCUT2D eigenvalue weighted by molar-refractivity contribution is 5.74. The van der Waals surface area contributed by atoms with Gasteiger partial charge in [0.05, 0.1) is 18.2 Å². The highest BCUT2D eigenvalue weighted by Gasteiger charge is 2.07. The number of hydrogen-bond acceptors (Lipinski definition) is 6. The summed E-state index contributed by atoms with van der Waals surface area (Å²) in [5, 5.41) is 0. The molecule has 0 unspecified atom stereocenters. The van der Waals surface area contributed by atoms with E-state index < -0.39 is 0 Å². The summed E-state index contributed by atoms with van der Waals surface area (Å²) in [5.41, 5.74) is 1.89. The molecule has 0 aliphatic carbocycles. The molecule has 3 aromatic heterocycles. The maximum absolute atomic E-state index is 5.50. The Bertz CT molecular complexity index is 623. The van der Waals surface area contributed by atoms with E-state index in [-0.39, 0.29) is 6.61 Å². The smallest absolute Gasteiger partial charge is 0.246 e. The fraction of sp³-hybridized carbons (Fsp3) is 0.100. The van der Waals surface area contributed by atoms with Gasteiger partial charge in [-0.2, -0.15) is 4.98 Å². The average Bonchev–Trinajstić information content (AvgIpc) is 2.86. The molecule has 3 heterocycles. The first-order valence-corrected chi connectivity index (χ1v) is 4.88. The third-order valence-corrected chi connectivity index (χ3v) is 2.11. The Morgan fingerprint density at radius 1 is 1.24 bits per heavy atom. The van der Waals surface area contributed by atoms with E-state index in [1.807, 2.05) is 0 Å². The molecule has 17 heavy (non-hydrogen) atoms. The summed E-state index contributed by atoms with van der Waals surface area (Å²) in [6.45, 7) is 0.278. The number of aromatic amines is 1. The van der Waals surface area contributed by atoms with E-state index in [0.717, 1.165) is 5.69 Å². The average molecular weight is 227 g/mol. The van der Waals surface area contributed by atoms with Crippen LogP contribution in [0.1, 0.15) is 5.69 Å². The topological polar surface area (TPSA) is 89.5 Å². The lowest BCUT2D eigenvalue weighted by molar-refractivity contribution is 0.291. The minimum atomic E-state index is 0.278. The first-order chi connectivity index (χ1) is 8.43. The van der Waals surface area contributed by atoms with Gasteiger partial charge in [0, 0.05) is 12.4 Å². The number of ether oxygens (including phenoxy) is 1. The number of imidazole rings is 1. The lowest BCUT2D eigenvalue weighted by Gasteiger charge is -2.03. The molecule has 0 saturated carbocycles. The Morgan fingerprint density at radius 3 is 3.12 bits per heavy atom. The highest BCUT2D eigenvalue weighted by atomic mass is 16.5. The Kier molecular flexibility index (Phi) is 2.34. The van der Waals surface area contributed by atoms with Gasteiger partial charge in [-0.3, -0.25) is 9.97 Å². The molecule has 0 spiro atoms. The largest absolute Gasteiger partial charge is 0.469 e. The van der Waals surface area contributed by atoms with Crippen LogP contribution in [-0.4, -0.2) is 29.9 Å². The standard InChI is InChI=1S/C10H7N6O/c1-2-12-7(3-11-1)4-17-10-8-9(14-5-13-8)15-6-16-10/h1-3,5H,4H2,(H,13,14,15,16). The second-order valence-electron chi connectivity index (χ2n) is 3.21. The van der Waals surface area contributed by atoms with Gasteiger partial charge in [0.25, 0.3) is 0 Å². The predicted octanol–water partition coefficient (Wildman–Crippen LogP) is 0.522. The van der Waals surface area contributed by atoms with Crippen molar-refractivity contribution in [3.05, 3.63) is 36.9 Å². The van der Waals surface area contributed by atoms with Gasteiger partial charge in [0.2, 0.25) is 12.2 Å². The van der Waals surface area contributed by atoms with Gasteiger partial charge in [0.1, 0.15) is 6.61 Å². The first-order valence-electron chi connectivity index (χ1n) is 4.88. The number of H-pyrrole nitrogens is 1. The van der Waals surface area contributed by atoms with Crippen molar-refractivity contribution in [1.82, 2.24) is 29.9 Å².